The number of ether oxygens (including phenoxy) is 1. The van der Waals surface area contributed by atoms with E-state index in [2.05, 4.69) is 184 Å². The van der Waals surface area contributed by atoms with Gasteiger partial charge >= 0.3 is 0 Å². The predicted molar refractivity (Wildman–Crippen MR) is 230 cm³/mol. The van der Waals surface area contributed by atoms with Crippen LogP contribution in [0.25, 0.3) is 99.7 Å². The molecule has 4 aromatic heterocycles. The molecule has 0 saturated heterocycles. The Balaban J connectivity index is 0.978. The number of furan rings is 1. The first-order valence-electron chi connectivity index (χ1n) is 18.8. The van der Waals surface area contributed by atoms with E-state index in [1.165, 1.54) is 21.8 Å². The van der Waals surface area contributed by atoms with Crippen LogP contribution >= 0.6 is 0 Å². The van der Waals surface area contributed by atoms with Crippen LogP contribution in [0.2, 0.25) is 0 Å². The number of imidazole rings is 2. The molecule has 0 aliphatic carbocycles. The normalized spacial score (nSPS) is 15.0. The Morgan fingerprint density at radius 2 is 1.20 bits per heavy atom. The van der Waals surface area contributed by atoms with Crippen molar-refractivity contribution in [1.82, 2.24) is 18.5 Å². The number of hydrogen-bond donors (Lipinski definition) is 0. The van der Waals surface area contributed by atoms with Crippen LogP contribution < -0.4 is 4.74 Å². The number of para-hydroxylation sites is 6. The van der Waals surface area contributed by atoms with Crippen molar-refractivity contribution in [3.8, 4) is 22.6 Å². The molecule has 0 N–H and O–H groups in total. The Kier molecular flexibility index (Phi) is 6.45. The van der Waals surface area contributed by atoms with Gasteiger partial charge in [-0.3, -0.25) is 8.97 Å². The van der Waals surface area contributed by atoms with Crippen LogP contribution in [0, 0.1) is 0 Å². The summed E-state index contributed by atoms with van der Waals surface area (Å²) in [5.41, 5.74) is 14.3. The molecule has 0 amide bonds. The minimum absolute atomic E-state index is 0.421. The van der Waals surface area contributed by atoms with Crippen LogP contribution in [0.4, 0.5) is 0 Å². The van der Waals surface area contributed by atoms with Crippen molar-refractivity contribution >= 4 is 82.9 Å². The molecule has 6 heteroatoms. The molecule has 0 bridgehead atoms. The summed E-state index contributed by atoms with van der Waals surface area (Å²) in [6.07, 6.45) is 6.30. The number of allylic oxidation sites excluding steroid dienone is 4. The van der Waals surface area contributed by atoms with Gasteiger partial charge in [0.25, 0.3) is 0 Å². The van der Waals surface area contributed by atoms with Gasteiger partial charge < -0.3 is 13.7 Å². The third-order valence-electron chi connectivity index (χ3n) is 11.3. The molecule has 1 aliphatic heterocycles. The van der Waals surface area contributed by atoms with E-state index in [1.807, 2.05) is 6.07 Å². The second-order valence-corrected chi connectivity index (χ2v) is 14.4. The fourth-order valence-corrected chi connectivity index (χ4v) is 8.73. The lowest BCUT2D eigenvalue weighted by molar-refractivity contribution is 0.362. The van der Waals surface area contributed by atoms with Gasteiger partial charge in [0.15, 0.2) is 0 Å². The first kappa shape index (κ1) is 30.8. The standard InChI is InChI=1S/C50H32N4O2/c1-31-27-34(53-45-18-8-9-19-46(45)54-44-17-7-4-14-41(44)51-50(53)54)11-10-26-55-47-23-20-32(28-38(31)47)33-21-24-48-39(29-33)40-30-35(22-25-49(40)56-48)52-42-15-5-2-12-36(42)37-13-3-6-16-43(37)52/h2-25,27-30H,1,26H2/b11-10-,34-27+. The highest BCUT2D eigenvalue weighted by Crippen LogP contribution is 2.39. The van der Waals surface area contributed by atoms with E-state index >= 15 is 0 Å². The zero-order valence-corrected chi connectivity index (χ0v) is 30.2. The number of rotatable bonds is 3. The lowest BCUT2D eigenvalue weighted by Crippen LogP contribution is -1.97. The number of nitrogens with zero attached hydrogens (tertiary/aromatic N) is 4. The fourth-order valence-electron chi connectivity index (χ4n) is 8.73. The Bertz CT molecular complexity index is 3460. The van der Waals surface area contributed by atoms with Gasteiger partial charge in [-0.25, -0.2) is 4.98 Å². The van der Waals surface area contributed by atoms with E-state index in [0.29, 0.717) is 6.61 Å². The molecule has 0 spiro atoms. The molecule has 264 valence electrons. The van der Waals surface area contributed by atoms with Gasteiger partial charge in [0.1, 0.15) is 23.5 Å². The molecule has 0 unspecified atom stereocenters. The summed E-state index contributed by atoms with van der Waals surface area (Å²) in [5.74, 6) is 1.65. The summed E-state index contributed by atoms with van der Waals surface area (Å²) in [6.45, 7) is 5.03. The highest BCUT2D eigenvalue weighted by Gasteiger charge is 2.20. The first-order valence-corrected chi connectivity index (χ1v) is 18.8. The number of fused-ring (bicyclic) bond motifs is 12. The number of aromatic nitrogens is 4. The van der Waals surface area contributed by atoms with Gasteiger partial charge in [-0.05, 0) is 114 Å². The van der Waals surface area contributed by atoms with Crippen molar-refractivity contribution in [1.29, 1.82) is 0 Å². The maximum absolute atomic E-state index is 6.40. The van der Waals surface area contributed by atoms with E-state index in [1.54, 1.807) is 0 Å². The van der Waals surface area contributed by atoms with Gasteiger partial charge in [-0.1, -0.05) is 79.4 Å². The van der Waals surface area contributed by atoms with Gasteiger partial charge in [-0.15, -0.1) is 0 Å². The van der Waals surface area contributed by atoms with Crippen molar-refractivity contribution < 1.29 is 9.15 Å². The summed E-state index contributed by atoms with van der Waals surface area (Å²) >= 11 is 0. The summed E-state index contributed by atoms with van der Waals surface area (Å²) in [4.78, 5) is 5.10. The molecule has 0 fully saturated rings. The van der Waals surface area contributed by atoms with Crippen molar-refractivity contribution in [3.05, 3.63) is 182 Å². The topological polar surface area (TPSA) is 49.5 Å². The number of hydrogen-bond acceptors (Lipinski definition) is 3. The number of benzene rings is 7. The smallest absolute Gasteiger partial charge is 0.220 e. The third-order valence-corrected chi connectivity index (χ3v) is 11.3. The quantitative estimate of drug-likeness (QED) is 0.183. The Labute approximate surface area is 320 Å². The summed E-state index contributed by atoms with van der Waals surface area (Å²) in [6, 6.07) is 53.3. The van der Waals surface area contributed by atoms with Crippen LogP contribution in [-0.2, 0) is 0 Å². The molecule has 12 rings (SSSR count). The summed E-state index contributed by atoms with van der Waals surface area (Å²) < 4.78 is 19.6. The minimum atomic E-state index is 0.421. The lowest BCUT2D eigenvalue weighted by atomic mass is 9.97. The van der Waals surface area contributed by atoms with E-state index in [-0.39, 0.29) is 0 Å². The molecular weight excluding hydrogens is 689 g/mol. The average Bonchev–Trinajstić information content (AvgIpc) is 3.99. The van der Waals surface area contributed by atoms with Crippen molar-refractivity contribution in [3.63, 3.8) is 0 Å². The zero-order chi connectivity index (χ0) is 36.9. The summed E-state index contributed by atoms with van der Waals surface area (Å²) in [7, 11) is 0. The Hall–Kier alpha value is -7.57. The van der Waals surface area contributed by atoms with E-state index in [9.17, 15) is 0 Å². The molecular formula is C50H32N4O2. The zero-order valence-electron chi connectivity index (χ0n) is 30.2. The maximum atomic E-state index is 6.40. The fraction of sp³-hybridized carbons (Fsp3) is 0.0200. The lowest BCUT2D eigenvalue weighted by Gasteiger charge is -2.13. The predicted octanol–water partition coefficient (Wildman–Crippen LogP) is 12.6. The van der Waals surface area contributed by atoms with Gasteiger partial charge in [-0.2, -0.15) is 0 Å². The Morgan fingerprint density at radius 3 is 2.00 bits per heavy atom. The van der Waals surface area contributed by atoms with Gasteiger partial charge in [0.2, 0.25) is 5.78 Å². The van der Waals surface area contributed by atoms with Crippen molar-refractivity contribution in [2.45, 2.75) is 0 Å². The van der Waals surface area contributed by atoms with E-state index in [0.717, 1.165) is 89.2 Å². The highest BCUT2D eigenvalue weighted by molar-refractivity contribution is 6.11. The van der Waals surface area contributed by atoms with Crippen molar-refractivity contribution in [2.24, 2.45) is 0 Å². The maximum Gasteiger partial charge on any atom is 0.220 e. The molecule has 5 heterocycles. The van der Waals surface area contributed by atoms with Crippen LogP contribution in [-0.4, -0.2) is 25.1 Å². The van der Waals surface area contributed by atoms with Crippen LogP contribution in [0.5, 0.6) is 5.75 Å². The van der Waals surface area contributed by atoms with Crippen LogP contribution in [0.15, 0.2) is 181 Å². The third kappa shape index (κ3) is 4.47. The largest absolute Gasteiger partial charge is 0.489 e. The monoisotopic (exact) mass is 720 g/mol. The molecule has 0 radical (unpaired) electrons. The SMILES string of the molecule is C=C1/C=C(n2c3ccccc3n3c4ccccc4nc23)\C=C/COc2ccc(-c3ccc4oc5ccc(-n6c7ccccc7c7ccccc76)cc5c4c3)cc21. The molecule has 56 heavy (non-hydrogen) atoms. The molecule has 7 aromatic carbocycles. The Morgan fingerprint density at radius 1 is 0.554 bits per heavy atom. The minimum Gasteiger partial charge on any atom is -0.489 e. The van der Waals surface area contributed by atoms with Gasteiger partial charge in [0, 0.05) is 38.5 Å². The second-order valence-electron chi connectivity index (χ2n) is 14.4. The van der Waals surface area contributed by atoms with Crippen LogP contribution in [0.1, 0.15) is 5.56 Å². The van der Waals surface area contributed by atoms with E-state index in [4.69, 9.17) is 14.1 Å². The highest BCUT2D eigenvalue weighted by atomic mass is 16.5. The molecule has 11 aromatic rings. The molecule has 0 saturated carbocycles. The van der Waals surface area contributed by atoms with Crippen LogP contribution in [0.3, 0.4) is 0 Å². The second kappa shape index (κ2) is 11.7. The molecule has 6 nitrogen and oxygen atoms in total. The molecule has 0 atom stereocenters. The summed E-state index contributed by atoms with van der Waals surface area (Å²) in [5, 5.41) is 4.63. The van der Waals surface area contributed by atoms with Gasteiger partial charge in [0.05, 0.1) is 33.1 Å². The molecule has 1 aliphatic rings. The van der Waals surface area contributed by atoms with Crippen molar-refractivity contribution in [2.75, 3.05) is 6.61 Å². The van der Waals surface area contributed by atoms with E-state index < -0.39 is 0 Å². The average molecular weight is 721 g/mol. The first-order chi connectivity index (χ1) is 27.7.